The van der Waals surface area contributed by atoms with Crippen molar-refractivity contribution in [1.29, 1.82) is 0 Å². The first kappa shape index (κ1) is 14.0. The Kier molecular flexibility index (Phi) is 4.93. The average molecular weight is 279 g/mol. The van der Waals surface area contributed by atoms with E-state index in [-0.39, 0.29) is 6.04 Å². The highest BCUT2D eigenvalue weighted by molar-refractivity contribution is 6.31. The third-order valence-corrected chi connectivity index (χ3v) is 3.47. The van der Waals surface area contributed by atoms with Crippen LogP contribution < -0.4 is 5.32 Å². The molecule has 0 spiro atoms. The third-order valence-electron chi connectivity index (χ3n) is 3.16. The van der Waals surface area contributed by atoms with Gasteiger partial charge in [0.1, 0.15) is 5.82 Å². The summed E-state index contributed by atoms with van der Waals surface area (Å²) in [6.07, 6.45) is 8.13. The average Bonchev–Trinajstić information content (AvgIpc) is 2.86. The third kappa shape index (κ3) is 3.33. The maximum Gasteiger partial charge on any atom is 0.110 e. The monoisotopic (exact) mass is 278 g/mol. The minimum atomic E-state index is 0.160. The second-order valence-corrected chi connectivity index (χ2v) is 4.75. The fraction of sp³-hybridized carbons (Fsp3) is 0.429. The van der Waals surface area contributed by atoms with Gasteiger partial charge in [0, 0.05) is 43.8 Å². The summed E-state index contributed by atoms with van der Waals surface area (Å²) in [5, 5.41) is 4.16. The fourth-order valence-electron chi connectivity index (χ4n) is 2.21. The molecule has 0 bridgehead atoms. The largest absolute Gasteiger partial charge is 0.335 e. The molecule has 102 valence electrons. The van der Waals surface area contributed by atoms with Crippen LogP contribution in [0.25, 0.3) is 0 Å². The molecule has 2 heterocycles. The van der Waals surface area contributed by atoms with Gasteiger partial charge in [-0.3, -0.25) is 4.98 Å². The van der Waals surface area contributed by atoms with E-state index in [1.54, 1.807) is 12.4 Å². The Hall–Kier alpha value is -1.39. The number of hydrogen-bond donors (Lipinski definition) is 1. The zero-order valence-corrected chi connectivity index (χ0v) is 12.1. The van der Waals surface area contributed by atoms with Gasteiger partial charge >= 0.3 is 0 Å². The Labute approximate surface area is 118 Å². The fourth-order valence-corrected chi connectivity index (χ4v) is 2.46. The first-order chi connectivity index (χ1) is 9.26. The van der Waals surface area contributed by atoms with Crippen LogP contribution in [-0.2, 0) is 13.0 Å². The number of hydrogen-bond acceptors (Lipinski definition) is 3. The zero-order valence-electron chi connectivity index (χ0n) is 11.3. The summed E-state index contributed by atoms with van der Waals surface area (Å²) >= 11 is 6.24. The van der Waals surface area contributed by atoms with Gasteiger partial charge in [0.05, 0.1) is 5.02 Å². The first-order valence-electron chi connectivity index (χ1n) is 6.59. The summed E-state index contributed by atoms with van der Waals surface area (Å²) in [5.74, 6) is 1.07. The van der Waals surface area contributed by atoms with Crippen LogP contribution in [0.3, 0.4) is 0 Å². The van der Waals surface area contributed by atoms with Crippen molar-refractivity contribution in [2.45, 2.75) is 32.9 Å². The molecule has 0 fully saturated rings. The number of likely N-dealkylation sites (N-methyl/N-ethyl adjacent to an activating group) is 1. The number of aromatic nitrogens is 3. The van der Waals surface area contributed by atoms with Crippen LogP contribution in [0.15, 0.2) is 30.9 Å². The van der Waals surface area contributed by atoms with Crippen molar-refractivity contribution in [2.24, 2.45) is 0 Å². The van der Waals surface area contributed by atoms with Gasteiger partial charge in [-0.2, -0.15) is 0 Å². The number of halogens is 1. The minimum Gasteiger partial charge on any atom is -0.335 e. The molecule has 0 aromatic carbocycles. The number of nitrogens with one attached hydrogen (secondary N) is 1. The van der Waals surface area contributed by atoms with Crippen molar-refractivity contribution in [2.75, 3.05) is 6.54 Å². The minimum absolute atomic E-state index is 0.160. The maximum absolute atomic E-state index is 6.24. The molecule has 1 unspecified atom stereocenters. The lowest BCUT2D eigenvalue weighted by molar-refractivity contribution is 0.522. The van der Waals surface area contributed by atoms with Gasteiger partial charge in [0.2, 0.25) is 0 Å². The van der Waals surface area contributed by atoms with Gasteiger partial charge in [0.25, 0.3) is 0 Å². The lowest BCUT2D eigenvalue weighted by Crippen LogP contribution is -2.24. The standard InChI is InChI=1S/C14H19ClN4/c1-3-17-13(11-5-6-16-10-12(11)15)9-14-18-7-8-19(14)4-2/h5-8,10,13,17H,3-4,9H2,1-2H3. The van der Waals surface area contributed by atoms with Crippen molar-refractivity contribution in [3.63, 3.8) is 0 Å². The van der Waals surface area contributed by atoms with Gasteiger partial charge in [-0.05, 0) is 25.1 Å². The van der Waals surface area contributed by atoms with E-state index in [1.165, 1.54) is 0 Å². The first-order valence-corrected chi connectivity index (χ1v) is 6.96. The highest BCUT2D eigenvalue weighted by Crippen LogP contribution is 2.24. The molecule has 1 N–H and O–H groups in total. The van der Waals surface area contributed by atoms with Gasteiger partial charge < -0.3 is 9.88 Å². The Morgan fingerprint density at radius 2 is 2.21 bits per heavy atom. The predicted octanol–water partition coefficient (Wildman–Crippen LogP) is 2.84. The van der Waals surface area contributed by atoms with Crippen LogP contribution in [0.5, 0.6) is 0 Å². The second kappa shape index (κ2) is 6.68. The molecule has 2 aromatic rings. The Bertz CT molecular complexity index is 524. The molecule has 5 heteroatoms. The van der Waals surface area contributed by atoms with Crippen LogP contribution in [-0.4, -0.2) is 21.1 Å². The topological polar surface area (TPSA) is 42.7 Å². The van der Waals surface area contributed by atoms with Crippen LogP contribution in [0.1, 0.15) is 31.3 Å². The molecule has 0 aliphatic carbocycles. The highest BCUT2D eigenvalue weighted by Gasteiger charge is 2.16. The number of nitrogens with zero attached hydrogens (tertiary/aromatic N) is 3. The van der Waals surface area contributed by atoms with Crippen LogP contribution in [0, 0.1) is 0 Å². The van der Waals surface area contributed by atoms with E-state index in [0.717, 1.165) is 30.9 Å². The van der Waals surface area contributed by atoms with Gasteiger partial charge in [0.15, 0.2) is 0 Å². The van der Waals surface area contributed by atoms with Crippen molar-refractivity contribution in [3.8, 4) is 0 Å². The van der Waals surface area contributed by atoms with Crippen LogP contribution >= 0.6 is 11.6 Å². The summed E-state index contributed by atoms with van der Waals surface area (Å²) in [7, 11) is 0. The Balaban J connectivity index is 2.24. The molecular weight excluding hydrogens is 260 g/mol. The molecule has 2 aromatic heterocycles. The van der Waals surface area contributed by atoms with E-state index < -0.39 is 0 Å². The quantitative estimate of drug-likeness (QED) is 0.884. The smallest absolute Gasteiger partial charge is 0.110 e. The number of aryl methyl sites for hydroxylation is 1. The summed E-state index contributed by atoms with van der Waals surface area (Å²) in [4.78, 5) is 8.47. The van der Waals surface area contributed by atoms with Crippen molar-refractivity contribution in [1.82, 2.24) is 19.9 Å². The number of rotatable bonds is 6. The van der Waals surface area contributed by atoms with Crippen molar-refractivity contribution < 1.29 is 0 Å². The van der Waals surface area contributed by atoms with Crippen LogP contribution in [0.4, 0.5) is 0 Å². The molecule has 1 atom stereocenters. The molecule has 4 nitrogen and oxygen atoms in total. The van der Waals surface area contributed by atoms with E-state index in [9.17, 15) is 0 Å². The van der Waals surface area contributed by atoms with Crippen molar-refractivity contribution >= 4 is 11.6 Å². The normalized spacial score (nSPS) is 12.6. The molecule has 0 aliphatic heterocycles. The number of imidazole rings is 1. The number of pyridine rings is 1. The predicted molar refractivity (Wildman–Crippen MR) is 77.3 cm³/mol. The van der Waals surface area contributed by atoms with Gasteiger partial charge in [-0.15, -0.1) is 0 Å². The lowest BCUT2D eigenvalue weighted by atomic mass is 10.0. The van der Waals surface area contributed by atoms with Crippen molar-refractivity contribution in [3.05, 3.63) is 47.3 Å². The molecule has 0 amide bonds. The summed E-state index contributed by atoms with van der Waals surface area (Å²) in [6, 6.07) is 2.13. The van der Waals surface area contributed by atoms with E-state index in [0.29, 0.717) is 5.02 Å². The Morgan fingerprint density at radius 1 is 1.37 bits per heavy atom. The molecule has 0 radical (unpaired) electrons. The van der Waals surface area contributed by atoms with E-state index in [4.69, 9.17) is 11.6 Å². The van der Waals surface area contributed by atoms with Gasteiger partial charge in [-0.1, -0.05) is 18.5 Å². The van der Waals surface area contributed by atoms with E-state index >= 15 is 0 Å². The molecular formula is C14H19ClN4. The summed E-state index contributed by atoms with van der Waals surface area (Å²) < 4.78 is 2.15. The van der Waals surface area contributed by atoms with Gasteiger partial charge in [-0.25, -0.2) is 4.98 Å². The van der Waals surface area contributed by atoms with Crippen LogP contribution in [0.2, 0.25) is 5.02 Å². The molecule has 0 saturated carbocycles. The van der Waals surface area contributed by atoms with E-state index in [1.807, 2.05) is 18.5 Å². The van der Waals surface area contributed by atoms with E-state index in [2.05, 4.69) is 33.7 Å². The summed E-state index contributed by atoms with van der Waals surface area (Å²) in [6.45, 7) is 6.02. The molecule has 2 rings (SSSR count). The summed E-state index contributed by atoms with van der Waals surface area (Å²) in [5.41, 5.74) is 1.07. The maximum atomic E-state index is 6.24. The SMILES string of the molecule is CCNC(Cc1nccn1CC)c1ccncc1Cl. The Morgan fingerprint density at radius 3 is 2.89 bits per heavy atom. The molecule has 19 heavy (non-hydrogen) atoms. The second-order valence-electron chi connectivity index (χ2n) is 4.34. The zero-order chi connectivity index (χ0) is 13.7. The highest BCUT2D eigenvalue weighted by atomic mass is 35.5. The molecule has 0 aliphatic rings. The lowest BCUT2D eigenvalue weighted by Gasteiger charge is -2.19. The molecule has 0 saturated heterocycles.